The molecular weight excluding hydrogens is 424 g/mol. The minimum atomic E-state index is -3.72. The van der Waals surface area contributed by atoms with Gasteiger partial charge in [-0.3, -0.25) is 19.3 Å². The minimum Gasteiger partial charge on any atom is -0.454 e. The van der Waals surface area contributed by atoms with Crippen molar-refractivity contribution < 1.29 is 27.5 Å². The summed E-state index contributed by atoms with van der Waals surface area (Å²) in [6.45, 7) is 0.882. The number of hydrogen-bond donors (Lipinski definition) is 3. The second kappa shape index (κ2) is 8.96. The highest BCUT2D eigenvalue weighted by Crippen LogP contribution is 2.22. The summed E-state index contributed by atoms with van der Waals surface area (Å²) in [5, 5.41) is 5.03. The molecule has 0 aliphatic carbocycles. The first kappa shape index (κ1) is 22.0. The number of anilines is 1. The van der Waals surface area contributed by atoms with Gasteiger partial charge >= 0.3 is 5.97 Å². The van der Waals surface area contributed by atoms with E-state index in [2.05, 4.69) is 20.3 Å². The van der Waals surface area contributed by atoms with Crippen molar-refractivity contribution in [3.63, 3.8) is 0 Å². The van der Waals surface area contributed by atoms with Crippen LogP contribution in [0.5, 0.6) is 0 Å². The molecule has 0 spiro atoms. The third-order valence-electron chi connectivity index (χ3n) is 4.33. The van der Waals surface area contributed by atoms with Crippen LogP contribution in [0, 0.1) is 0 Å². The van der Waals surface area contributed by atoms with E-state index in [1.165, 1.54) is 20.0 Å². The van der Waals surface area contributed by atoms with Gasteiger partial charge in [0.1, 0.15) is 11.9 Å². The standard InChI is InChI=1S/C20H20N4O6S/c1-12(22-18-15-5-3-4-6-16(15)31(28,29)24-18)20(27)30-11-17(25)23-14-9-7-13(8-10-14)19(26)21-2/h3-10,12H,11H2,1-2H3,(H,21,26)(H,22,24)(H,23,25)/t12-/m0/s1. The smallest absolute Gasteiger partial charge is 0.331 e. The highest BCUT2D eigenvalue weighted by Gasteiger charge is 2.31. The molecule has 1 heterocycles. The average Bonchev–Trinajstić information content (AvgIpc) is 3.02. The number of esters is 1. The van der Waals surface area contributed by atoms with Crippen LogP contribution in [0.1, 0.15) is 22.8 Å². The molecule has 1 atom stereocenters. The lowest BCUT2D eigenvalue weighted by Gasteiger charge is -2.10. The second-order valence-corrected chi connectivity index (χ2v) is 8.22. The Balaban J connectivity index is 1.57. The van der Waals surface area contributed by atoms with Gasteiger partial charge in [-0.2, -0.15) is 0 Å². The van der Waals surface area contributed by atoms with E-state index in [1.807, 2.05) is 0 Å². The number of nitrogens with zero attached hydrogens (tertiary/aromatic N) is 1. The monoisotopic (exact) mass is 444 g/mol. The van der Waals surface area contributed by atoms with Crippen molar-refractivity contribution in [3.05, 3.63) is 59.7 Å². The van der Waals surface area contributed by atoms with E-state index in [0.717, 1.165) is 0 Å². The van der Waals surface area contributed by atoms with Crippen LogP contribution < -0.4 is 15.4 Å². The average molecular weight is 444 g/mol. The van der Waals surface area contributed by atoms with Crippen LogP contribution in [0.3, 0.4) is 0 Å². The van der Waals surface area contributed by atoms with Crippen molar-refractivity contribution in [3.8, 4) is 0 Å². The van der Waals surface area contributed by atoms with Gasteiger partial charge in [-0.05, 0) is 43.3 Å². The Hall–Kier alpha value is -3.73. The fourth-order valence-electron chi connectivity index (χ4n) is 2.78. The Labute approximate surface area is 178 Å². The van der Waals surface area contributed by atoms with E-state index >= 15 is 0 Å². The number of benzene rings is 2. The number of nitrogens with one attached hydrogen (secondary N) is 3. The zero-order chi connectivity index (χ0) is 22.6. The maximum absolute atomic E-state index is 12.2. The molecule has 10 nitrogen and oxygen atoms in total. The molecule has 2 aromatic rings. The van der Waals surface area contributed by atoms with Gasteiger partial charge in [0.15, 0.2) is 6.61 Å². The van der Waals surface area contributed by atoms with Crippen molar-refractivity contribution in [2.24, 2.45) is 4.99 Å². The molecule has 2 amide bonds. The molecule has 0 saturated heterocycles. The Morgan fingerprint density at radius 1 is 1.10 bits per heavy atom. The van der Waals surface area contributed by atoms with Crippen LogP contribution in [0.4, 0.5) is 5.69 Å². The quantitative estimate of drug-likeness (QED) is 0.559. The molecule has 3 rings (SSSR count). The molecule has 0 radical (unpaired) electrons. The number of aliphatic imine (C=N–C) groups is 1. The van der Waals surface area contributed by atoms with Gasteiger partial charge in [-0.15, -0.1) is 0 Å². The number of amidine groups is 1. The molecule has 2 aromatic carbocycles. The number of fused-ring (bicyclic) bond motifs is 1. The highest BCUT2D eigenvalue weighted by atomic mass is 32.2. The molecule has 0 unspecified atom stereocenters. The summed E-state index contributed by atoms with van der Waals surface area (Å²) in [6, 6.07) is 11.4. The van der Waals surface area contributed by atoms with E-state index in [4.69, 9.17) is 4.74 Å². The Morgan fingerprint density at radius 2 is 1.77 bits per heavy atom. The van der Waals surface area contributed by atoms with Crippen LogP contribution in [0.25, 0.3) is 0 Å². The highest BCUT2D eigenvalue weighted by molar-refractivity contribution is 7.90. The summed E-state index contributed by atoms with van der Waals surface area (Å²) < 4.78 is 31.5. The molecule has 0 fully saturated rings. The molecule has 31 heavy (non-hydrogen) atoms. The van der Waals surface area contributed by atoms with E-state index < -0.39 is 34.5 Å². The third kappa shape index (κ3) is 5.07. The van der Waals surface area contributed by atoms with Crippen molar-refractivity contribution in [1.29, 1.82) is 0 Å². The third-order valence-corrected chi connectivity index (χ3v) is 5.73. The lowest BCUT2D eigenvalue weighted by molar-refractivity contribution is -0.148. The maximum Gasteiger partial charge on any atom is 0.331 e. The maximum atomic E-state index is 12.2. The number of amides is 2. The molecule has 0 bridgehead atoms. The minimum absolute atomic E-state index is 0.0423. The molecule has 0 aromatic heterocycles. The Bertz CT molecular complexity index is 1160. The number of hydrogen-bond acceptors (Lipinski definition) is 7. The van der Waals surface area contributed by atoms with Crippen LogP contribution >= 0.6 is 0 Å². The molecule has 3 N–H and O–H groups in total. The molecular formula is C20H20N4O6S. The lowest BCUT2D eigenvalue weighted by atomic mass is 10.2. The molecule has 1 aliphatic rings. The van der Waals surface area contributed by atoms with Gasteiger partial charge in [0, 0.05) is 23.9 Å². The van der Waals surface area contributed by atoms with Crippen LogP contribution in [-0.2, 0) is 24.3 Å². The summed E-state index contributed by atoms with van der Waals surface area (Å²) in [6.07, 6.45) is 0. The SMILES string of the molecule is CNC(=O)c1ccc(NC(=O)COC(=O)[C@H](C)N=C2NS(=O)(=O)c3ccccc32)cc1. The predicted octanol–water partition coefficient (Wildman–Crippen LogP) is 0.655. The van der Waals surface area contributed by atoms with Gasteiger partial charge in [-0.25, -0.2) is 13.2 Å². The van der Waals surface area contributed by atoms with E-state index in [-0.39, 0.29) is 16.6 Å². The number of carbonyl (C=O) groups excluding carboxylic acids is 3. The largest absolute Gasteiger partial charge is 0.454 e. The van der Waals surface area contributed by atoms with Crippen LogP contribution in [0.2, 0.25) is 0 Å². The normalized spacial score (nSPS) is 16.0. The fourth-order valence-corrected chi connectivity index (χ4v) is 4.02. The predicted molar refractivity (Wildman–Crippen MR) is 112 cm³/mol. The molecule has 0 saturated carbocycles. The van der Waals surface area contributed by atoms with E-state index in [9.17, 15) is 22.8 Å². The van der Waals surface area contributed by atoms with Crippen LogP contribution in [-0.4, -0.2) is 51.7 Å². The topological polar surface area (TPSA) is 143 Å². The number of rotatable bonds is 6. The van der Waals surface area contributed by atoms with Gasteiger partial charge in [0.2, 0.25) is 0 Å². The van der Waals surface area contributed by atoms with Crippen molar-refractivity contribution in [2.75, 3.05) is 19.0 Å². The molecule has 1 aliphatic heterocycles. The first-order valence-corrected chi connectivity index (χ1v) is 10.7. The summed E-state index contributed by atoms with van der Waals surface area (Å²) in [4.78, 5) is 39.9. The van der Waals surface area contributed by atoms with Crippen molar-refractivity contribution >= 4 is 39.3 Å². The Kier molecular flexibility index (Phi) is 6.35. The van der Waals surface area contributed by atoms with E-state index in [0.29, 0.717) is 16.8 Å². The Morgan fingerprint density at radius 3 is 2.45 bits per heavy atom. The van der Waals surface area contributed by atoms with Crippen LogP contribution in [0.15, 0.2) is 58.4 Å². The van der Waals surface area contributed by atoms with Crippen molar-refractivity contribution in [2.45, 2.75) is 17.9 Å². The number of sulfonamides is 1. The fraction of sp³-hybridized carbons (Fsp3) is 0.200. The van der Waals surface area contributed by atoms with Gasteiger partial charge in [0.25, 0.3) is 21.8 Å². The summed E-state index contributed by atoms with van der Waals surface area (Å²) in [7, 11) is -2.21. The summed E-state index contributed by atoms with van der Waals surface area (Å²) >= 11 is 0. The number of carbonyl (C=O) groups is 3. The second-order valence-electron chi connectivity index (χ2n) is 6.57. The van der Waals surface area contributed by atoms with Gasteiger partial charge in [-0.1, -0.05) is 12.1 Å². The zero-order valence-electron chi connectivity index (χ0n) is 16.7. The zero-order valence-corrected chi connectivity index (χ0v) is 17.5. The first-order valence-electron chi connectivity index (χ1n) is 9.20. The van der Waals surface area contributed by atoms with Gasteiger partial charge < -0.3 is 15.4 Å². The molecule has 162 valence electrons. The summed E-state index contributed by atoms with van der Waals surface area (Å²) in [5.41, 5.74) is 1.23. The van der Waals surface area contributed by atoms with Gasteiger partial charge in [0.05, 0.1) is 4.90 Å². The number of ether oxygens (including phenoxy) is 1. The summed E-state index contributed by atoms with van der Waals surface area (Å²) in [5.74, 6) is -1.58. The first-order chi connectivity index (χ1) is 14.7. The van der Waals surface area contributed by atoms with Crippen molar-refractivity contribution in [1.82, 2.24) is 10.0 Å². The van der Waals surface area contributed by atoms with E-state index in [1.54, 1.807) is 42.5 Å². The molecule has 11 heteroatoms. The lowest BCUT2D eigenvalue weighted by Crippen LogP contribution is -2.28.